The van der Waals surface area contributed by atoms with Crippen molar-refractivity contribution in [1.82, 2.24) is 15.0 Å². The third-order valence-electron chi connectivity index (χ3n) is 2.87. The zero-order valence-corrected chi connectivity index (χ0v) is 14.2. The predicted octanol–water partition coefficient (Wildman–Crippen LogP) is 3.91. The number of thiazole rings is 1. The second kappa shape index (κ2) is 7.15. The average Bonchev–Trinajstić information content (AvgIpc) is 2.75. The van der Waals surface area contributed by atoms with E-state index in [1.54, 1.807) is 17.4 Å². The molecule has 0 amide bonds. The highest BCUT2D eigenvalue weighted by Crippen LogP contribution is 2.27. The molecule has 2 heterocycles. The highest BCUT2D eigenvalue weighted by atomic mass is 35.5. The fourth-order valence-electron chi connectivity index (χ4n) is 2.03. The van der Waals surface area contributed by atoms with Gasteiger partial charge in [0.05, 0.1) is 16.7 Å². The average molecular weight is 327 g/mol. The van der Waals surface area contributed by atoms with E-state index >= 15 is 0 Å². The Balaban J connectivity index is 2.14. The number of aryl methyl sites for hydroxylation is 2. The summed E-state index contributed by atoms with van der Waals surface area (Å²) in [6, 6.07) is 1.83. The number of halogens is 1. The van der Waals surface area contributed by atoms with E-state index in [4.69, 9.17) is 16.3 Å². The molecule has 0 saturated heterocycles. The molecule has 0 fully saturated rings. The smallest absolute Gasteiger partial charge is 0.158 e. The van der Waals surface area contributed by atoms with Gasteiger partial charge in [0.2, 0.25) is 0 Å². The molecule has 0 aliphatic carbocycles. The number of ether oxygens (including phenoxy) is 1. The Morgan fingerprint density at radius 3 is 2.71 bits per heavy atom. The number of hydrogen-bond donors (Lipinski definition) is 1. The normalized spacial score (nSPS) is 12.4. The SMILES string of the molecule is CCOCc1nc(Cl)cc(NC(C)c2sc(C)nc2C)n1. The largest absolute Gasteiger partial charge is 0.374 e. The first-order valence-corrected chi connectivity index (χ1v) is 8.00. The van der Waals surface area contributed by atoms with Crippen LogP contribution in [0.2, 0.25) is 5.15 Å². The summed E-state index contributed by atoms with van der Waals surface area (Å²) in [6.07, 6.45) is 0. The van der Waals surface area contributed by atoms with Crippen molar-refractivity contribution < 1.29 is 4.74 Å². The topological polar surface area (TPSA) is 59.9 Å². The summed E-state index contributed by atoms with van der Waals surface area (Å²) in [5, 5.41) is 4.82. The lowest BCUT2D eigenvalue weighted by molar-refractivity contribution is 0.128. The van der Waals surface area contributed by atoms with Gasteiger partial charge in [0.15, 0.2) is 5.82 Å². The van der Waals surface area contributed by atoms with Gasteiger partial charge < -0.3 is 10.1 Å². The van der Waals surface area contributed by atoms with E-state index in [9.17, 15) is 0 Å². The number of rotatable bonds is 6. The second-order valence-electron chi connectivity index (χ2n) is 4.68. The van der Waals surface area contributed by atoms with Crippen molar-refractivity contribution in [2.24, 2.45) is 0 Å². The van der Waals surface area contributed by atoms with E-state index in [1.807, 2.05) is 20.8 Å². The summed E-state index contributed by atoms with van der Waals surface area (Å²) in [5.74, 6) is 1.28. The van der Waals surface area contributed by atoms with Crippen molar-refractivity contribution in [3.63, 3.8) is 0 Å². The highest BCUT2D eigenvalue weighted by molar-refractivity contribution is 7.11. The number of nitrogens with one attached hydrogen (secondary N) is 1. The van der Waals surface area contributed by atoms with E-state index in [0.717, 1.165) is 10.7 Å². The summed E-state index contributed by atoms with van der Waals surface area (Å²) >= 11 is 7.73. The molecule has 0 spiro atoms. The fourth-order valence-corrected chi connectivity index (χ4v) is 3.16. The Hall–Kier alpha value is -1.24. The van der Waals surface area contributed by atoms with Gasteiger partial charge in [-0.1, -0.05) is 11.6 Å². The monoisotopic (exact) mass is 326 g/mol. The molecule has 2 aromatic rings. The number of nitrogens with zero attached hydrogens (tertiary/aromatic N) is 3. The maximum Gasteiger partial charge on any atom is 0.158 e. The van der Waals surface area contributed by atoms with Gasteiger partial charge in [0.25, 0.3) is 0 Å². The van der Waals surface area contributed by atoms with Gasteiger partial charge in [-0.3, -0.25) is 0 Å². The molecule has 5 nitrogen and oxygen atoms in total. The van der Waals surface area contributed by atoms with Gasteiger partial charge in [-0.25, -0.2) is 15.0 Å². The van der Waals surface area contributed by atoms with Crippen molar-refractivity contribution in [3.05, 3.63) is 32.6 Å². The predicted molar refractivity (Wildman–Crippen MR) is 86.0 cm³/mol. The maximum atomic E-state index is 6.04. The van der Waals surface area contributed by atoms with Crippen LogP contribution in [0.4, 0.5) is 5.82 Å². The minimum atomic E-state index is 0.113. The third-order valence-corrected chi connectivity index (χ3v) is 4.32. The van der Waals surface area contributed by atoms with Crippen LogP contribution in [0.1, 0.15) is 41.3 Å². The molecule has 2 rings (SSSR count). The lowest BCUT2D eigenvalue weighted by atomic mass is 10.2. The number of anilines is 1. The molecule has 1 atom stereocenters. The minimum absolute atomic E-state index is 0.113. The molecule has 114 valence electrons. The molecule has 1 unspecified atom stereocenters. The van der Waals surface area contributed by atoms with E-state index in [0.29, 0.717) is 30.0 Å². The molecular formula is C14H19ClN4OS. The molecule has 21 heavy (non-hydrogen) atoms. The van der Waals surface area contributed by atoms with Crippen LogP contribution in [-0.2, 0) is 11.3 Å². The summed E-state index contributed by atoms with van der Waals surface area (Å²) in [4.78, 5) is 14.2. The Morgan fingerprint density at radius 1 is 1.33 bits per heavy atom. The van der Waals surface area contributed by atoms with Crippen LogP contribution in [0.5, 0.6) is 0 Å². The quantitative estimate of drug-likeness (QED) is 0.815. The molecule has 0 aliphatic heterocycles. The lowest BCUT2D eigenvalue weighted by Gasteiger charge is -2.14. The second-order valence-corrected chi connectivity index (χ2v) is 6.30. The summed E-state index contributed by atoms with van der Waals surface area (Å²) < 4.78 is 5.32. The van der Waals surface area contributed by atoms with Crippen LogP contribution in [0, 0.1) is 13.8 Å². The molecule has 0 saturated carbocycles. The minimum Gasteiger partial charge on any atom is -0.374 e. The molecule has 0 aromatic carbocycles. The van der Waals surface area contributed by atoms with E-state index < -0.39 is 0 Å². The van der Waals surface area contributed by atoms with E-state index in [1.165, 1.54) is 4.88 Å². The zero-order chi connectivity index (χ0) is 15.4. The van der Waals surface area contributed by atoms with Gasteiger partial charge in [-0.2, -0.15) is 0 Å². The Morgan fingerprint density at radius 2 is 2.10 bits per heavy atom. The standard InChI is InChI=1S/C14H19ClN4OS/c1-5-20-7-13-18-11(15)6-12(19-13)17-9(3)14-8(2)16-10(4)21-14/h6,9H,5,7H2,1-4H3,(H,17,18,19). The lowest BCUT2D eigenvalue weighted by Crippen LogP contribution is -2.10. The van der Waals surface area contributed by atoms with Gasteiger partial charge in [0.1, 0.15) is 17.6 Å². The van der Waals surface area contributed by atoms with Crippen LogP contribution in [-0.4, -0.2) is 21.6 Å². The van der Waals surface area contributed by atoms with Crippen LogP contribution in [0.3, 0.4) is 0 Å². The maximum absolute atomic E-state index is 6.04. The highest BCUT2D eigenvalue weighted by Gasteiger charge is 2.14. The summed E-state index contributed by atoms with van der Waals surface area (Å²) in [7, 11) is 0. The molecule has 7 heteroatoms. The van der Waals surface area contributed by atoms with Crippen molar-refractivity contribution >= 4 is 28.8 Å². The molecule has 1 N–H and O–H groups in total. The first kappa shape index (κ1) is 16.1. The van der Waals surface area contributed by atoms with Gasteiger partial charge >= 0.3 is 0 Å². The van der Waals surface area contributed by atoms with Gasteiger partial charge in [-0.15, -0.1) is 11.3 Å². The van der Waals surface area contributed by atoms with Crippen molar-refractivity contribution in [2.75, 3.05) is 11.9 Å². The summed E-state index contributed by atoms with van der Waals surface area (Å²) in [6.45, 7) is 9.02. The molecule has 2 aromatic heterocycles. The van der Waals surface area contributed by atoms with Crippen molar-refractivity contribution in [1.29, 1.82) is 0 Å². The van der Waals surface area contributed by atoms with E-state index in [-0.39, 0.29) is 6.04 Å². The van der Waals surface area contributed by atoms with E-state index in [2.05, 4.69) is 27.2 Å². The van der Waals surface area contributed by atoms with Crippen LogP contribution >= 0.6 is 22.9 Å². The molecular weight excluding hydrogens is 308 g/mol. The first-order valence-electron chi connectivity index (χ1n) is 6.81. The van der Waals surface area contributed by atoms with Crippen LogP contribution in [0.15, 0.2) is 6.07 Å². The Labute approximate surface area is 133 Å². The fraction of sp³-hybridized carbons (Fsp3) is 0.500. The van der Waals surface area contributed by atoms with Gasteiger partial charge in [-0.05, 0) is 27.7 Å². The molecule has 0 bridgehead atoms. The van der Waals surface area contributed by atoms with Crippen molar-refractivity contribution in [2.45, 2.75) is 40.3 Å². The number of hydrogen-bond acceptors (Lipinski definition) is 6. The zero-order valence-electron chi connectivity index (χ0n) is 12.6. The van der Waals surface area contributed by atoms with Crippen LogP contribution in [0.25, 0.3) is 0 Å². The van der Waals surface area contributed by atoms with Gasteiger partial charge in [0, 0.05) is 17.6 Å². The third kappa shape index (κ3) is 4.36. The molecule has 0 aliphatic rings. The Bertz CT molecular complexity index is 617. The first-order chi connectivity index (χ1) is 9.99. The molecule has 0 radical (unpaired) electrons. The number of aromatic nitrogens is 3. The Kier molecular flexibility index (Phi) is 5.50. The van der Waals surface area contributed by atoms with Crippen molar-refractivity contribution in [3.8, 4) is 0 Å². The summed E-state index contributed by atoms with van der Waals surface area (Å²) in [5.41, 5.74) is 1.05. The van der Waals surface area contributed by atoms with Crippen LogP contribution < -0.4 is 5.32 Å².